The number of hydrogen-bond acceptors (Lipinski definition) is 3. The van der Waals surface area contributed by atoms with Crippen molar-refractivity contribution in [2.24, 2.45) is 0 Å². The maximum absolute atomic E-state index is 11.4. The number of nitrogen functional groups attached to an aromatic ring is 1. The third-order valence-corrected chi connectivity index (χ3v) is 2.69. The van der Waals surface area contributed by atoms with Gasteiger partial charge in [0.05, 0.1) is 0 Å². The standard InChI is InChI=1S/C15H16N2O2/c1-19-10-15(18)17-14-8-4-12(5-9-14)11-2-6-13(16)7-3-11/h2-9H,10,16H2,1H3,(H,17,18). The maximum atomic E-state index is 11.4. The molecule has 19 heavy (non-hydrogen) atoms. The maximum Gasteiger partial charge on any atom is 0.250 e. The number of benzene rings is 2. The van der Waals surface area contributed by atoms with E-state index in [1.807, 2.05) is 48.5 Å². The van der Waals surface area contributed by atoms with Crippen LogP contribution in [0.4, 0.5) is 11.4 Å². The van der Waals surface area contributed by atoms with Crippen molar-refractivity contribution in [1.29, 1.82) is 0 Å². The zero-order chi connectivity index (χ0) is 13.7. The van der Waals surface area contributed by atoms with Gasteiger partial charge in [-0.1, -0.05) is 24.3 Å². The molecule has 2 aromatic carbocycles. The SMILES string of the molecule is COCC(=O)Nc1ccc(-c2ccc(N)cc2)cc1. The number of carbonyl (C=O) groups is 1. The van der Waals surface area contributed by atoms with Crippen molar-refractivity contribution >= 4 is 17.3 Å². The first-order valence-electron chi connectivity index (χ1n) is 5.94. The van der Waals surface area contributed by atoms with Crippen LogP contribution in [0.25, 0.3) is 11.1 Å². The Hall–Kier alpha value is -2.33. The predicted molar refractivity (Wildman–Crippen MR) is 76.8 cm³/mol. The zero-order valence-corrected chi connectivity index (χ0v) is 10.7. The van der Waals surface area contributed by atoms with Crippen molar-refractivity contribution < 1.29 is 9.53 Å². The Kier molecular flexibility index (Phi) is 4.15. The second-order valence-corrected chi connectivity index (χ2v) is 4.18. The molecule has 0 heterocycles. The fraction of sp³-hybridized carbons (Fsp3) is 0.133. The van der Waals surface area contributed by atoms with E-state index < -0.39 is 0 Å². The van der Waals surface area contributed by atoms with Crippen LogP contribution in [0.2, 0.25) is 0 Å². The lowest BCUT2D eigenvalue weighted by Crippen LogP contribution is -2.16. The molecule has 0 atom stereocenters. The highest BCUT2D eigenvalue weighted by Gasteiger charge is 2.02. The first kappa shape index (κ1) is 13.1. The Morgan fingerprint density at radius 1 is 1.05 bits per heavy atom. The van der Waals surface area contributed by atoms with E-state index in [2.05, 4.69) is 5.32 Å². The average Bonchev–Trinajstić information content (AvgIpc) is 2.41. The summed E-state index contributed by atoms with van der Waals surface area (Å²) in [7, 11) is 1.49. The van der Waals surface area contributed by atoms with Gasteiger partial charge in [0.15, 0.2) is 0 Å². The second-order valence-electron chi connectivity index (χ2n) is 4.18. The van der Waals surface area contributed by atoms with Crippen molar-refractivity contribution in [1.82, 2.24) is 0 Å². The van der Waals surface area contributed by atoms with Crippen molar-refractivity contribution in [2.75, 3.05) is 24.8 Å². The van der Waals surface area contributed by atoms with Crippen LogP contribution in [0, 0.1) is 0 Å². The van der Waals surface area contributed by atoms with Gasteiger partial charge in [0, 0.05) is 18.5 Å². The Balaban J connectivity index is 2.10. The highest BCUT2D eigenvalue weighted by molar-refractivity contribution is 5.91. The van der Waals surface area contributed by atoms with Crippen LogP contribution in [0.15, 0.2) is 48.5 Å². The highest BCUT2D eigenvalue weighted by atomic mass is 16.5. The number of methoxy groups -OCH3 is 1. The number of ether oxygens (including phenoxy) is 1. The van der Waals surface area contributed by atoms with Gasteiger partial charge < -0.3 is 15.8 Å². The van der Waals surface area contributed by atoms with Crippen LogP contribution in [0.3, 0.4) is 0 Å². The summed E-state index contributed by atoms with van der Waals surface area (Å²) in [6.45, 7) is 0.0553. The van der Waals surface area contributed by atoms with Crippen LogP contribution in [-0.4, -0.2) is 19.6 Å². The first-order chi connectivity index (χ1) is 9.19. The Bertz CT molecular complexity index is 547. The third kappa shape index (κ3) is 3.56. The normalized spacial score (nSPS) is 10.2. The molecule has 0 fully saturated rings. The van der Waals surface area contributed by atoms with Gasteiger partial charge in [0.2, 0.25) is 5.91 Å². The molecule has 0 bridgehead atoms. The fourth-order valence-corrected chi connectivity index (χ4v) is 1.75. The lowest BCUT2D eigenvalue weighted by Gasteiger charge is -2.06. The topological polar surface area (TPSA) is 64.3 Å². The minimum Gasteiger partial charge on any atom is -0.399 e. The van der Waals surface area contributed by atoms with Crippen molar-refractivity contribution in [3.05, 3.63) is 48.5 Å². The molecule has 2 rings (SSSR count). The van der Waals surface area contributed by atoms with E-state index in [9.17, 15) is 4.79 Å². The number of amides is 1. The Morgan fingerprint density at radius 3 is 2.11 bits per heavy atom. The number of carbonyl (C=O) groups excluding carboxylic acids is 1. The van der Waals surface area contributed by atoms with Crippen molar-refractivity contribution in [2.45, 2.75) is 0 Å². The third-order valence-electron chi connectivity index (χ3n) is 2.69. The van der Waals surface area contributed by atoms with Gasteiger partial charge in [-0.15, -0.1) is 0 Å². The quantitative estimate of drug-likeness (QED) is 0.826. The van der Waals surface area contributed by atoms with Gasteiger partial charge in [-0.05, 0) is 35.4 Å². The van der Waals surface area contributed by atoms with Gasteiger partial charge in [0.25, 0.3) is 0 Å². The smallest absolute Gasteiger partial charge is 0.250 e. The molecule has 0 saturated heterocycles. The van der Waals surface area contributed by atoms with Gasteiger partial charge in [0.1, 0.15) is 6.61 Å². The minimum atomic E-state index is -0.164. The highest BCUT2D eigenvalue weighted by Crippen LogP contribution is 2.22. The minimum absolute atomic E-state index is 0.0553. The molecule has 4 heteroatoms. The van der Waals surface area contributed by atoms with E-state index in [4.69, 9.17) is 10.5 Å². The van der Waals surface area contributed by atoms with Gasteiger partial charge in [-0.3, -0.25) is 4.79 Å². The summed E-state index contributed by atoms with van der Waals surface area (Å²) in [6.07, 6.45) is 0. The van der Waals surface area contributed by atoms with Crippen LogP contribution in [0.5, 0.6) is 0 Å². The van der Waals surface area contributed by atoms with Crippen LogP contribution >= 0.6 is 0 Å². The average molecular weight is 256 g/mol. The number of nitrogens with one attached hydrogen (secondary N) is 1. The number of anilines is 2. The molecule has 2 aromatic rings. The monoisotopic (exact) mass is 256 g/mol. The molecule has 0 aliphatic rings. The molecular formula is C15H16N2O2. The molecule has 98 valence electrons. The molecule has 0 aliphatic heterocycles. The van der Waals surface area contributed by atoms with E-state index in [1.165, 1.54) is 7.11 Å². The van der Waals surface area contributed by atoms with Crippen LogP contribution in [-0.2, 0) is 9.53 Å². The molecule has 3 N–H and O–H groups in total. The van der Waals surface area contributed by atoms with E-state index in [1.54, 1.807) is 0 Å². The number of rotatable bonds is 4. The van der Waals surface area contributed by atoms with Gasteiger partial charge >= 0.3 is 0 Å². The zero-order valence-electron chi connectivity index (χ0n) is 10.7. The van der Waals surface area contributed by atoms with E-state index >= 15 is 0 Å². The summed E-state index contributed by atoms with van der Waals surface area (Å²) in [6, 6.07) is 15.3. The molecular weight excluding hydrogens is 240 g/mol. The van der Waals surface area contributed by atoms with E-state index in [0.29, 0.717) is 0 Å². The summed E-state index contributed by atoms with van der Waals surface area (Å²) in [5.74, 6) is -0.164. The lowest BCUT2D eigenvalue weighted by molar-refractivity contribution is -0.119. The molecule has 0 saturated carbocycles. The summed E-state index contributed by atoms with van der Waals surface area (Å²) >= 11 is 0. The van der Waals surface area contributed by atoms with E-state index in [0.717, 1.165) is 22.5 Å². The van der Waals surface area contributed by atoms with Crippen LogP contribution < -0.4 is 11.1 Å². The summed E-state index contributed by atoms with van der Waals surface area (Å²) in [5.41, 5.74) is 9.31. The summed E-state index contributed by atoms with van der Waals surface area (Å²) in [5, 5.41) is 2.75. The van der Waals surface area contributed by atoms with E-state index in [-0.39, 0.29) is 12.5 Å². The van der Waals surface area contributed by atoms with Crippen molar-refractivity contribution in [3.8, 4) is 11.1 Å². The molecule has 0 aromatic heterocycles. The number of nitrogens with two attached hydrogens (primary N) is 1. The first-order valence-corrected chi connectivity index (χ1v) is 5.94. The molecule has 0 spiro atoms. The second kappa shape index (κ2) is 6.02. The number of hydrogen-bond donors (Lipinski definition) is 2. The largest absolute Gasteiger partial charge is 0.399 e. The fourth-order valence-electron chi connectivity index (χ4n) is 1.75. The van der Waals surface area contributed by atoms with Gasteiger partial charge in [-0.2, -0.15) is 0 Å². The summed E-state index contributed by atoms with van der Waals surface area (Å²) < 4.78 is 4.76. The molecule has 0 unspecified atom stereocenters. The lowest BCUT2D eigenvalue weighted by atomic mass is 10.1. The Morgan fingerprint density at radius 2 is 1.58 bits per heavy atom. The summed E-state index contributed by atoms with van der Waals surface area (Å²) in [4.78, 5) is 11.4. The molecule has 4 nitrogen and oxygen atoms in total. The Labute approximate surface area is 112 Å². The predicted octanol–water partition coefficient (Wildman–Crippen LogP) is 2.52. The van der Waals surface area contributed by atoms with Gasteiger partial charge in [-0.25, -0.2) is 0 Å². The molecule has 0 aliphatic carbocycles. The molecule has 0 radical (unpaired) electrons. The van der Waals surface area contributed by atoms with Crippen LogP contribution in [0.1, 0.15) is 0 Å². The van der Waals surface area contributed by atoms with Crippen molar-refractivity contribution in [3.63, 3.8) is 0 Å². The molecule has 1 amide bonds.